The zero-order valence-electron chi connectivity index (χ0n) is 17.0. The van der Waals surface area contributed by atoms with Gasteiger partial charge in [0.1, 0.15) is 11.4 Å². The predicted molar refractivity (Wildman–Crippen MR) is 112 cm³/mol. The van der Waals surface area contributed by atoms with E-state index in [0.717, 1.165) is 48.7 Å². The number of aryl methyl sites for hydroxylation is 2. The van der Waals surface area contributed by atoms with Crippen LogP contribution >= 0.6 is 0 Å². The van der Waals surface area contributed by atoms with Crippen molar-refractivity contribution < 1.29 is 19.4 Å². The van der Waals surface area contributed by atoms with Gasteiger partial charge in [-0.15, -0.1) is 0 Å². The number of benzene rings is 2. The summed E-state index contributed by atoms with van der Waals surface area (Å²) in [5.74, 6) is 0.624. The molecule has 1 saturated heterocycles. The number of piperazine rings is 1. The van der Waals surface area contributed by atoms with E-state index in [1.165, 1.54) is 11.0 Å². The number of ether oxygens (including phenoxy) is 1. The average molecular weight is 399 g/mol. The highest BCUT2D eigenvalue weighted by molar-refractivity contribution is 5.94. The van der Waals surface area contributed by atoms with Gasteiger partial charge in [-0.25, -0.2) is 0 Å². The van der Waals surface area contributed by atoms with E-state index in [2.05, 4.69) is 10.2 Å². The molecule has 8 heteroatoms. The Balaban J connectivity index is 1.56. The molecule has 0 saturated carbocycles. The van der Waals surface area contributed by atoms with E-state index >= 15 is 0 Å². The molecule has 0 aromatic heterocycles. The van der Waals surface area contributed by atoms with E-state index in [-0.39, 0.29) is 17.3 Å². The number of nitro benzene ring substituents is 1. The van der Waals surface area contributed by atoms with E-state index in [0.29, 0.717) is 6.54 Å². The number of carbonyl (C=O) groups is 1. The van der Waals surface area contributed by atoms with Crippen molar-refractivity contribution in [3.05, 3.63) is 57.6 Å². The average Bonchev–Trinajstić information content (AvgIpc) is 2.71. The van der Waals surface area contributed by atoms with Crippen molar-refractivity contribution in [2.24, 2.45) is 0 Å². The molecule has 8 nitrogen and oxygen atoms in total. The van der Waals surface area contributed by atoms with Gasteiger partial charge < -0.3 is 19.9 Å². The minimum atomic E-state index is -0.456. The maximum absolute atomic E-state index is 12.5. The van der Waals surface area contributed by atoms with Gasteiger partial charge in [-0.2, -0.15) is 0 Å². The molecule has 0 unspecified atom stereocenters. The van der Waals surface area contributed by atoms with Gasteiger partial charge >= 0.3 is 0 Å². The summed E-state index contributed by atoms with van der Waals surface area (Å²) in [5.41, 5.74) is 3.07. The summed E-state index contributed by atoms with van der Waals surface area (Å²) in [7, 11) is 1.65. The first kappa shape index (κ1) is 20.6. The highest BCUT2D eigenvalue weighted by atomic mass is 16.6. The number of nitrogens with zero attached hydrogens (tertiary/aromatic N) is 2. The van der Waals surface area contributed by atoms with Crippen molar-refractivity contribution in [2.45, 2.75) is 13.8 Å². The molecule has 3 rings (SSSR count). The van der Waals surface area contributed by atoms with Crippen LogP contribution in [0.4, 0.5) is 17.1 Å². The molecule has 0 spiro atoms. The smallest absolute Gasteiger partial charge is 0.293 e. The molecule has 2 aromatic rings. The van der Waals surface area contributed by atoms with Crippen molar-refractivity contribution in [3.63, 3.8) is 0 Å². The third kappa shape index (κ3) is 5.03. The van der Waals surface area contributed by atoms with E-state index in [9.17, 15) is 14.9 Å². The SMILES string of the molecule is COc1ccc(N2CC[NH+](CC(=O)Nc3cc(C)c(C)cc3[N+](=O)[O-])CC2)cc1. The Bertz CT molecular complexity index is 890. The summed E-state index contributed by atoms with van der Waals surface area (Å²) in [4.78, 5) is 26.8. The lowest BCUT2D eigenvalue weighted by atomic mass is 10.1. The van der Waals surface area contributed by atoms with Crippen LogP contribution in [0.3, 0.4) is 0 Å². The third-order valence-electron chi connectivity index (χ3n) is 5.40. The van der Waals surface area contributed by atoms with Crippen LogP contribution in [0.15, 0.2) is 36.4 Å². The van der Waals surface area contributed by atoms with Crippen LogP contribution in [0.1, 0.15) is 11.1 Å². The molecule has 154 valence electrons. The van der Waals surface area contributed by atoms with Crippen molar-refractivity contribution in [1.82, 2.24) is 0 Å². The topological polar surface area (TPSA) is 89.2 Å². The van der Waals surface area contributed by atoms with Gasteiger partial charge in [-0.3, -0.25) is 14.9 Å². The first-order valence-electron chi connectivity index (χ1n) is 9.65. The minimum Gasteiger partial charge on any atom is -0.497 e. The molecule has 1 aliphatic rings. The summed E-state index contributed by atoms with van der Waals surface area (Å²) in [6.45, 7) is 7.33. The van der Waals surface area contributed by atoms with E-state index in [4.69, 9.17) is 4.74 Å². The highest BCUT2D eigenvalue weighted by Crippen LogP contribution is 2.27. The summed E-state index contributed by atoms with van der Waals surface area (Å²) in [6.07, 6.45) is 0. The molecule has 29 heavy (non-hydrogen) atoms. The van der Waals surface area contributed by atoms with Gasteiger partial charge in [-0.1, -0.05) is 0 Å². The van der Waals surface area contributed by atoms with Crippen LogP contribution in [-0.4, -0.2) is 50.7 Å². The number of carbonyl (C=O) groups excluding carboxylic acids is 1. The lowest BCUT2D eigenvalue weighted by Crippen LogP contribution is -3.15. The van der Waals surface area contributed by atoms with E-state index in [1.807, 2.05) is 38.1 Å². The second-order valence-electron chi connectivity index (χ2n) is 7.37. The quantitative estimate of drug-likeness (QED) is 0.569. The Labute approximate surface area is 170 Å². The molecule has 1 amide bonds. The van der Waals surface area contributed by atoms with Crippen molar-refractivity contribution in [1.29, 1.82) is 0 Å². The summed E-state index contributed by atoms with van der Waals surface area (Å²) in [5, 5.41) is 14.0. The van der Waals surface area contributed by atoms with Gasteiger partial charge in [0.05, 0.1) is 38.2 Å². The number of rotatable bonds is 6. The van der Waals surface area contributed by atoms with Gasteiger partial charge in [0.2, 0.25) is 0 Å². The van der Waals surface area contributed by atoms with Crippen molar-refractivity contribution in [3.8, 4) is 5.75 Å². The van der Waals surface area contributed by atoms with Crippen LogP contribution < -0.4 is 19.9 Å². The number of nitrogens with one attached hydrogen (secondary N) is 2. The Morgan fingerprint density at radius 2 is 1.79 bits per heavy atom. The fraction of sp³-hybridized carbons (Fsp3) is 0.381. The number of anilines is 2. The van der Waals surface area contributed by atoms with Gasteiger partial charge in [0.15, 0.2) is 6.54 Å². The lowest BCUT2D eigenvalue weighted by molar-refractivity contribution is -0.892. The number of hydrogen-bond donors (Lipinski definition) is 2. The molecule has 0 aliphatic carbocycles. The Kier molecular flexibility index (Phi) is 6.33. The fourth-order valence-electron chi connectivity index (χ4n) is 3.52. The number of hydrogen-bond acceptors (Lipinski definition) is 5. The van der Waals surface area contributed by atoms with Gasteiger partial charge in [-0.05, 0) is 55.3 Å². The van der Waals surface area contributed by atoms with Crippen LogP contribution in [0.2, 0.25) is 0 Å². The monoisotopic (exact) mass is 399 g/mol. The maximum atomic E-state index is 12.5. The van der Waals surface area contributed by atoms with E-state index < -0.39 is 4.92 Å². The Morgan fingerprint density at radius 3 is 2.38 bits per heavy atom. The number of nitro groups is 1. The molecular formula is C21H27N4O4+. The van der Waals surface area contributed by atoms with Gasteiger partial charge in [0, 0.05) is 11.8 Å². The summed E-state index contributed by atoms with van der Waals surface area (Å²) >= 11 is 0. The van der Waals surface area contributed by atoms with Crippen molar-refractivity contribution in [2.75, 3.05) is 50.1 Å². The molecule has 1 aliphatic heterocycles. The molecule has 0 bridgehead atoms. The van der Waals surface area contributed by atoms with Crippen molar-refractivity contribution >= 4 is 23.0 Å². The lowest BCUT2D eigenvalue weighted by Gasteiger charge is -2.33. The fourth-order valence-corrected chi connectivity index (χ4v) is 3.52. The zero-order chi connectivity index (χ0) is 21.0. The second-order valence-corrected chi connectivity index (χ2v) is 7.37. The normalized spacial score (nSPS) is 14.5. The first-order valence-corrected chi connectivity index (χ1v) is 9.65. The van der Waals surface area contributed by atoms with Crippen LogP contribution in [0.5, 0.6) is 5.75 Å². The minimum absolute atomic E-state index is 0.0687. The number of amides is 1. The molecule has 0 atom stereocenters. The first-order chi connectivity index (χ1) is 13.9. The molecule has 2 N–H and O–H groups in total. The van der Waals surface area contributed by atoms with Crippen LogP contribution in [0.25, 0.3) is 0 Å². The highest BCUT2D eigenvalue weighted by Gasteiger charge is 2.24. The Hall–Kier alpha value is -3.13. The summed E-state index contributed by atoms with van der Waals surface area (Å²) < 4.78 is 5.19. The molecule has 1 fully saturated rings. The van der Waals surface area contributed by atoms with Crippen LogP contribution in [-0.2, 0) is 4.79 Å². The van der Waals surface area contributed by atoms with Crippen LogP contribution in [0, 0.1) is 24.0 Å². The summed E-state index contributed by atoms with van der Waals surface area (Å²) in [6, 6.07) is 11.1. The second kappa shape index (κ2) is 8.91. The van der Waals surface area contributed by atoms with Gasteiger partial charge in [0.25, 0.3) is 11.6 Å². The molecule has 1 heterocycles. The molecule has 0 radical (unpaired) electrons. The molecule has 2 aromatic carbocycles. The largest absolute Gasteiger partial charge is 0.497 e. The Morgan fingerprint density at radius 1 is 1.17 bits per heavy atom. The molecular weight excluding hydrogens is 372 g/mol. The predicted octanol–water partition coefficient (Wildman–Crippen LogP) is 1.56. The third-order valence-corrected chi connectivity index (χ3v) is 5.40. The zero-order valence-corrected chi connectivity index (χ0v) is 17.0. The number of quaternary nitrogens is 1. The van der Waals surface area contributed by atoms with E-state index in [1.54, 1.807) is 13.2 Å². The number of methoxy groups -OCH3 is 1. The standard InChI is InChI=1S/C21H26N4O4/c1-15-12-19(20(25(27)28)13-16(15)2)22-21(26)14-23-8-10-24(11-9-23)17-4-6-18(29-3)7-5-17/h4-7,12-13H,8-11,14H2,1-3H3,(H,22,26)/p+1. The maximum Gasteiger partial charge on any atom is 0.293 e.